The second kappa shape index (κ2) is 10.3. The number of hydrogen-bond donors (Lipinski definition) is 0. The summed E-state index contributed by atoms with van der Waals surface area (Å²) in [5.41, 5.74) is 6.21. The van der Waals surface area contributed by atoms with Crippen LogP contribution in [0.5, 0.6) is 0 Å². The molecule has 0 nitrogen and oxygen atoms in total. The zero-order valence-electron chi connectivity index (χ0n) is 18.7. The Morgan fingerprint density at radius 1 is 0.735 bits per heavy atom. The fourth-order valence-electron chi connectivity index (χ4n) is 3.73. The van der Waals surface area contributed by atoms with Crippen LogP contribution in [0.2, 0.25) is 0 Å². The summed E-state index contributed by atoms with van der Waals surface area (Å²) in [5.74, 6) is 0. The van der Waals surface area contributed by atoms with Crippen LogP contribution in [0.4, 0.5) is 0 Å². The van der Waals surface area contributed by atoms with Gasteiger partial charge in [0, 0.05) is 35.9 Å². The first-order chi connectivity index (χ1) is 16.8. The highest BCUT2D eigenvalue weighted by atomic mass is 14.1. The van der Waals surface area contributed by atoms with Gasteiger partial charge in [-0.2, -0.15) is 30.7 Å². The Labute approximate surface area is 202 Å². The van der Waals surface area contributed by atoms with E-state index in [0.29, 0.717) is 0 Å². The third-order valence-electron chi connectivity index (χ3n) is 5.29. The fraction of sp³-hybridized carbons (Fsp3) is 0. The van der Waals surface area contributed by atoms with Crippen LogP contribution in [-0.4, -0.2) is 0 Å². The molecule has 0 heteroatoms. The molecule has 0 aromatic heterocycles. The van der Waals surface area contributed by atoms with Crippen LogP contribution in [0, 0.1) is 25.0 Å². The second-order valence-corrected chi connectivity index (χ2v) is 7.97. The molecule has 0 bridgehead atoms. The van der Waals surface area contributed by atoms with E-state index in [-0.39, 0.29) is 0 Å². The van der Waals surface area contributed by atoms with Crippen LogP contribution < -0.4 is 10.4 Å². The summed E-state index contributed by atoms with van der Waals surface area (Å²) in [5, 5.41) is 2.06. The Hall–Kier alpha value is -4.69. The summed E-state index contributed by atoms with van der Waals surface area (Å²) in [6.45, 7) is 0. The smallest absolute Gasteiger partial charge is 0.149 e. The van der Waals surface area contributed by atoms with Crippen molar-refractivity contribution >= 4 is 12.2 Å². The van der Waals surface area contributed by atoms with Crippen LogP contribution in [0.25, 0.3) is 12.2 Å². The zero-order chi connectivity index (χ0) is 23.0. The third kappa shape index (κ3) is 5.76. The molecule has 3 aromatic rings. The maximum absolute atomic E-state index is 3.51. The topological polar surface area (TPSA) is 0 Å². The van der Waals surface area contributed by atoms with Crippen molar-refractivity contribution < 1.29 is 0 Å². The van der Waals surface area contributed by atoms with Gasteiger partial charge in [0.05, 0.1) is 17.2 Å². The van der Waals surface area contributed by atoms with Crippen molar-refractivity contribution in [2.45, 2.75) is 0 Å². The summed E-state index contributed by atoms with van der Waals surface area (Å²) in [4.78, 5) is 0. The monoisotopic (exact) mass is 430 g/mol. The van der Waals surface area contributed by atoms with Crippen molar-refractivity contribution in [3.05, 3.63) is 190 Å². The van der Waals surface area contributed by atoms with Gasteiger partial charge in [-0.25, -0.2) is 30.2 Å². The SMILES string of the molecule is [C+](=C1C=C[CH-]C([C-]=C2C=C[CH-]C=C2)=C1)c1cccc([C+]=c2cc[cH+]c(=[C+]c3ccccc3)[cH-]2)c1. The molecule has 3 aromatic carbocycles. The fourth-order valence-corrected chi connectivity index (χ4v) is 3.73. The van der Waals surface area contributed by atoms with Gasteiger partial charge >= 0.3 is 0 Å². The number of hydrogen-bond acceptors (Lipinski definition) is 0. The molecule has 5 rings (SSSR count). The van der Waals surface area contributed by atoms with Gasteiger partial charge in [-0.3, -0.25) is 11.6 Å². The minimum atomic E-state index is 1.01. The maximum Gasteiger partial charge on any atom is 0.149 e. The van der Waals surface area contributed by atoms with E-state index in [4.69, 9.17) is 0 Å². The van der Waals surface area contributed by atoms with Gasteiger partial charge in [0.25, 0.3) is 0 Å². The first-order valence-corrected chi connectivity index (χ1v) is 11.3. The lowest BCUT2D eigenvalue weighted by atomic mass is 9.97. The van der Waals surface area contributed by atoms with Crippen LogP contribution in [0.3, 0.4) is 0 Å². The van der Waals surface area contributed by atoms with Gasteiger partial charge in [0.1, 0.15) is 10.4 Å². The molecule has 0 heterocycles. The van der Waals surface area contributed by atoms with Gasteiger partial charge in [-0.05, 0) is 30.3 Å². The highest BCUT2D eigenvalue weighted by molar-refractivity contribution is 5.55. The van der Waals surface area contributed by atoms with Gasteiger partial charge in [-0.1, -0.05) is 30.4 Å². The van der Waals surface area contributed by atoms with Crippen molar-refractivity contribution in [2.24, 2.45) is 0 Å². The molecule has 0 amide bonds. The van der Waals surface area contributed by atoms with Gasteiger partial charge < -0.3 is 0 Å². The molecule has 0 aliphatic heterocycles. The van der Waals surface area contributed by atoms with Crippen LogP contribution in [-0.2, 0) is 0 Å². The number of allylic oxidation sites excluding steroid dienone is 11. The van der Waals surface area contributed by atoms with E-state index in [2.05, 4.69) is 104 Å². The third-order valence-corrected chi connectivity index (χ3v) is 5.29. The van der Waals surface area contributed by atoms with Gasteiger partial charge in [0.2, 0.25) is 0 Å². The number of benzene rings is 3. The Morgan fingerprint density at radius 3 is 2.38 bits per heavy atom. The van der Waals surface area contributed by atoms with Gasteiger partial charge in [-0.15, -0.1) is 5.57 Å². The average molecular weight is 431 g/mol. The standard InChI is InChI=1S/C34H22/c1-3-10-27(11-4-1)20-29-14-7-16-31(22-29)24-33-18-9-19-34(26-33)25-32-17-8-15-30(23-32)21-28-12-5-2-6-13-28/h1-19,22-23,26H. The molecular weight excluding hydrogens is 408 g/mol. The quantitative estimate of drug-likeness (QED) is 0.450. The average Bonchev–Trinajstić information content (AvgIpc) is 2.86. The highest BCUT2D eigenvalue weighted by Crippen LogP contribution is 2.20. The normalized spacial score (nSPS) is 16.2. The van der Waals surface area contributed by atoms with E-state index in [1.165, 1.54) is 0 Å². The van der Waals surface area contributed by atoms with Crippen LogP contribution >= 0.6 is 0 Å². The maximum atomic E-state index is 3.51. The molecule has 0 saturated heterocycles. The Balaban J connectivity index is 1.41. The van der Waals surface area contributed by atoms with Crippen molar-refractivity contribution in [1.82, 2.24) is 0 Å². The zero-order valence-corrected chi connectivity index (χ0v) is 18.7. The van der Waals surface area contributed by atoms with Crippen molar-refractivity contribution in [1.29, 1.82) is 0 Å². The Kier molecular flexibility index (Phi) is 6.40. The molecular formula is C34H22. The van der Waals surface area contributed by atoms with Crippen molar-refractivity contribution in [3.63, 3.8) is 0 Å². The van der Waals surface area contributed by atoms with Crippen molar-refractivity contribution in [3.8, 4) is 0 Å². The first-order valence-electron chi connectivity index (χ1n) is 11.3. The highest BCUT2D eigenvalue weighted by Gasteiger charge is 1.99. The molecule has 2 aliphatic carbocycles. The first kappa shape index (κ1) is 21.2. The summed E-state index contributed by atoms with van der Waals surface area (Å²) in [6, 6.07) is 26.7. The summed E-state index contributed by atoms with van der Waals surface area (Å²) >= 11 is 0. The molecule has 0 spiro atoms. The molecule has 0 saturated carbocycles. The number of rotatable bonds is 4. The minimum Gasteiger partial charge on any atom is -0.282 e. The molecule has 0 N–H and O–H groups in total. The predicted molar refractivity (Wildman–Crippen MR) is 140 cm³/mol. The molecule has 0 radical (unpaired) electrons. The lowest BCUT2D eigenvalue weighted by Crippen LogP contribution is -2.10. The molecule has 158 valence electrons. The Bertz CT molecular complexity index is 1450. The van der Waals surface area contributed by atoms with E-state index in [1.807, 2.05) is 55.0 Å². The van der Waals surface area contributed by atoms with Crippen LogP contribution in [0.1, 0.15) is 16.7 Å². The van der Waals surface area contributed by atoms with E-state index >= 15 is 0 Å². The van der Waals surface area contributed by atoms with Crippen LogP contribution in [0.15, 0.2) is 138 Å². The van der Waals surface area contributed by atoms with E-state index < -0.39 is 0 Å². The molecule has 0 unspecified atom stereocenters. The predicted octanol–water partition coefficient (Wildman–Crippen LogP) is 5.94. The minimum absolute atomic E-state index is 1.01. The van der Waals surface area contributed by atoms with E-state index in [1.54, 1.807) is 0 Å². The van der Waals surface area contributed by atoms with E-state index in [9.17, 15) is 0 Å². The summed E-state index contributed by atoms with van der Waals surface area (Å²) < 4.78 is 0. The van der Waals surface area contributed by atoms with Gasteiger partial charge in [0.15, 0.2) is 0 Å². The van der Waals surface area contributed by atoms with E-state index in [0.717, 1.165) is 43.8 Å². The largest absolute Gasteiger partial charge is 0.282 e. The summed E-state index contributed by atoms with van der Waals surface area (Å²) in [7, 11) is 0. The molecule has 0 fully saturated rings. The summed E-state index contributed by atoms with van der Waals surface area (Å²) in [6.07, 6.45) is 32.3. The molecule has 2 aliphatic rings. The molecule has 34 heavy (non-hydrogen) atoms. The Morgan fingerprint density at radius 2 is 1.53 bits per heavy atom. The lowest BCUT2D eigenvalue weighted by Gasteiger charge is -2.25. The van der Waals surface area contributed by atoms with Crippen molar-refractivity contribution in [2.75, 3.05) is 0 Å². The second-order valence-electron chi connectivity index (χ2n) is 7.97. The lowest BCUT2D eigenvalue weighted by molar-refractivity contribution is 1.39. The molecule has 0 atom stereocenters.